The summed E-state index contributed by atoms with van der Waals surface area (Å²) in [6.45, 7) is 0. The van der Waals surface area contributed by atoms with E-state index in [1.807, 2.05) is 24.3 Å². The molecule has 2 aromatic carbocycles. The van der Waals surface area contributed by atoms with Gasteiger partial charge in [0.25, 0.3) is 5.69 Å². The number of nitro groups is 1. The Morgan fingerprint density at radius 1 is 1.22 bits per heavy atom. The number of benzene rings is 2. The number of carbonyl (C=O) groups excluding carboxylic acids is 1. The minimum atomic E-state index is -0.411. The predicted octanol–water partition coefficient (Wildman–Crippen LogP) is 5.26. The lowest BCUT2D eigenvalue weighted by molar-refractivity contribution is -0.384. The molecule has 162 valence electrons. The summed E-state index contributed by atoms with van der Waals surface area (Å²) in [5.74, 6) is 1.34. The molecule has 1 atom stereocenters. The zero-order valence-corrected chi connectivity index (χ0v) is 19.2. The fraction of sp³-hybridized carbons (Fsp3) is 0.227. The molecule has 0 saturated heterocycles. The first-order chi connectivity index (χ1) is 15.5. The molecule has 8 nitrogen and oxygen atoms in total. The van der Waals surface area contributed by atoms with Crippen LogP contribution in [0.4, 0.5) is 11.6 Å². The summed E-state index contributed by atoms with van der Waals surface area (Å²) < 4.78 is 2.73. The van der Waals surface area contributed by atoms with Gasteiger partial charge in [-0.3, -0.25) is 14.9 Å². The van der Waals surface area contributed by atoms with Crippen molar-refractivity contribution < 1.29 is 9.72 Å². The van der Waals surface area contributed by atoms with E-state index < -0.39 is 4.92 Å². The zero-order valence-electron chi connectivity index (χ0n) is 16.8. The molecule has 32 heavy (non-hydrogen) atoms. The number of fused-ring (bicyclic) bond motifs is 1. The van der Waals surface area contributed by atoms with Gasteiger partial charge in [-0.2, -0.15) is 4.98 Å². The molecule has 3 aromatic rings. The molecule has 1 aliphatic heterocycles. The molecule has 1 aromatic heterocycles. The van der Waals surface area contributed by atoms with Gasteiger partial charge in [-0.15, -0.1) is 5.10 Å². The number of hydrogen-bond donors (Lipinski definition) is 1. The Morgan fingerprint density at radius 3 is 2.78 bits per heavy atom. The Bertz CT molecular complexity index is 1250. The Kier molecular flexibility index (Phi) is 5.56. The summed E-state index contributed by atoms with van der Waals surface area (Å²) in [5, 5.41) is 19.5. The van der Waals surface area contributed by atoms with Crippen molar-refractivity contribution in [3.8, 4) is 0 Å². The first-order valence-electron chi connectivity index (χ1n) is 10.1. The van der Waals surface area contributed by atoms with Gasteiger partial charge in [0.2, 0.25) is 11.1 Å². The normalized spacial score (nSPS) is 17.5. The van der Waals surface area contributed by atoms with Crippen LogP contribution in [-0.4, -0.2) is 25.5 Å². The molecule has 1 aliphatic carbocycles. The number of nitrogens with zero attached hydrogens (tertiary/aromatic N) is 4. The average molecular weight is 512 g/mol. The van der Waals surface area contributed by atoms with Gasteiger partial charge in [-0.1, -0.05) is 52.0 Å². The van der Waals surface area contributed by atoms with Crippen molar-refractivity contribution in [3.05, 3.63) is 85.5 Å². The Labute approximate surface area is 196 Å². The van der Waals surface area contributed by atoms with Crippen molar-refractivity contribution in [3.63, 3.8) is 0 Å². The number of nitrogens with one attached hydrogen (secondary N) is 1. The standard InChI is InChI=1S/C22H18BrN5O3S/c23-15-4-1-3-14(11-15)20-19-17(5-2-6-18(19)29)24-21-25-22(26-27(20)21)32-12-13-7-9-16(10-8-13)28(30)31/h1,3-4,7-11,20H,2,5-6,12H2,(H,24,25,26)/t20-/m0/s1. The van der Waals surface area contributed by atoms with Crippen LogP contribution in [0.1, 0.15) is 36.4 Å². The number of nitro benzene ring substituents is 1. The maximum absolute atomic E-state index is 12.9. The first kappa shape index (κ1) is 20.9. The van der Waals surface area contributed by atoms with Crippen LogP contribution in [0, 0.1) is 10.1 Å². The Morgan fingerprint density at radius 2 is 2.03 bits per heavy atom. The first-order valence-corrected chi connectivity index (χ1v) is 11.9. The van der Waals surface area contributed by atoms with E-state index in [4.69, 9.17) is 5.10 Å². The van der Waals surface area contributed by atoms with Crippen molar-refractivity contribution in [1.29, 1.82) is 0 Å². The van der Waals surface area contributed by atoms with E-state index in [1.54, 1.807) is 16.8 Å². The van der Waals surface area contributed by atoms with Gasteiger partial charge in [0.1, 0.15) is 6.04 Å². The van der Waals surface area contributed by atoms with E-state index in [-0.39, 0.29) is 17.5 Å². The third-order valence-electron chi connectivity index (χ3n) is 5.53. The number of thioether (sulfide) groups is 1. The van der Waals surface area contributed by atoms with Crippen molar-refractivity contribution in [2.45, 2.75) is 36.2 Å². The second-order valence-corrected chi connectivity index (χ2v) is 9.48. The molecule has 0 bridgehead atoms. The third kappa shape index (κ3) is 3.95. The van der Waals surface area contributed by atoms with Crippen LogP contribution in [0.3, 0.4) is 0 Å². The highest BCUT2D eigenvalue weighted by Gasteiger charge is 2.36. The molecule has 0 amide bonds. The van der Waals surface area contributed by atoms with E-state index in [2.05, 4.69) is 26.2 Å². The van der Waals surface area contributed by atoms with Crippen molar-refractivity contribution >= 4 is 45.1 Å². The quantitative estimate of drug-likeness (QED) is 0.283. The highest BCUT2D eigenvalue weighted by molar-refractivity contribution is 9.10. The molecule has 0 spiro atoms. The molecule has 1 N–H and O–H groups in total. The molecule has 2 aliphatic rings. The summed E-state index contributed by atoms with van der Waals surface area (Å²) in [6.07, 6.45) is 2.17. The lowest BCUT2D eigenvalue weighted by atomic mass is 9.85. The number of aromatic nitrogens is 3. The van der Waals surface area contributed by atoms with Crippen LogP contribution in [0.2, 0.25) is 0 Å². The Hall–Kier alpha value is -2.98. The number of halogens is 1. The largest absolute Gasteiger partial charge is 0.328 e. The van der Waals surface area contributed by atoms with E-state index in [0.717, 1.165) is 39.7 Å². The highest BCUT2D eigenvalue weighted by Crippen LogP contribution is 2.41. The van der Waals surface area contributed by atoms with Gasteiger partial charge < -0.3 is 5.32 Å². The van der Waals surface area contributed by atoms with E-state index in [0.29, 0.717) is 23.3 Å². The number of Topliss-reactive ketones (excluding diaryl/α,β-unsaturated/α-hetero) is 1. The van der Waals surface area contributed by atoms with Gasteiger partial charge in [-0.05, 0) is 36.1 Å². The minimum Gasteiger partial charge on any atom is -0.328 e. The molecule has 0 fully saturated rings. The van der Waals surface area contributed by atoms with Crippen LogP contribution < -0.4 is 5.32 Å². The lowest BCUT2D eigenvalue weighted by Crippen LogP contribution is -2.31. The van der Waals surface area contributed by atoms with Gasteiger partial charge in [0.15, 0.2) is 5.78 Å². The second kappa shape index (κ2) is 8.51. The molecule has 2 heterocycles. The van der Waals surface area contributed by atoms with Gasteiger partial charge in [0.05, 0.1) is 4.92 Å². The number of rotatable bonds is 5. The average Bonchev–Trinajstić information content (AvgIpc) is 3.19. The smallest absolute Gasteiger partial charge is 0.269 e. The molecular formula is C22H18BrN5O3S. The molecule has 0 saturated carbocycles. The molecule has 0 unspecified atom stereocenters. The lowest BCUT2D eigenvalue weighted by Gasteiger charge is -2.32. The molecule has 5 rings (SSSR count). The second-order valence-electron chi connectivity index (χ2n) is 7.63. The van der Waals surface area contributed by atoms with E-state index >= 15 is 0 Å². The van der Waals surface area contributed by atoms with Crippen molar-refractivity contribution in [2.24, 2.45) is 0 Å². The van der Waals surface area contributed by atoms with Crippen LogP contribution in [-0.2, 0) is 10.5 Å². The maximum Gasteiger partial charge on any atom is 0.269 e. The summed E-state index contributed by atoms with van der Waals surface area (Å²) in [7, 11) is 0. The van der Waals surface area contributed by atoms with Gasteiger partial charge in [-0.25, -0.2) is 4.68 Å². The minimum absolute atomic E-state index is 0.0664. The van der Waals surface area contributed by atoms with Crippen LogP contribution >= 0.6 is 27.7 Å². The fourth-order valence-corrected chi connectivity index (χ4v) is 5.25. The molecule has 0 radical (unpaired) electrons. The number of allylic oxidation sites excluding steroid dienone is 2. The van der Waals surface area contributed by atoms with E-state index in [9.17, 15) is 14.9 Å². The third-order valence-corrected chi connectivity index (χ3v) is 6.93. The topological polar surface area (TPSA) is 103 Å². The number of non-ortho nitro benzene ring substituents is 1. The number of hydrogen-bond acceptors (Lipinski definition) is 7. The summed E-state index contributed by atoms with van der Waals surface area (Å²) in [5.41, 5.74) is 3.67. The number of ketones is 1. The summed E-state index contributed by atoms with van der Waals surface area (Å²) in [4.78, 5) is 28.0. The summed E-state index contributed by atoms with van der Waals surface area (Å²) in [6, 6.07) is 14.1. The molecular weight excluding hydrogens is 494 g/mol. The summed E-state index contributed by atoms with van der Waals surface area (Å²) >= 11 is 4.98. The molecule has 10 heteroatoms. The SMILES string of the molecule is O=C1CCCC2=C1[C@H](c1cccc(Br)c1)n1nc(SCc3ccc([N+](=O)[O-])cc3)nc1N2. The monoisotopic (exact) mass is 511 g/mol. The zero-order chi connectivity index (χ0) is 22.2. The van der Waals surface area contributed by atoms with Crippen LogP contribution in [0.5, 0.6) is 0 Å². The maximum atomic E-state index is 12.9. The van der Waals surface area contributed by atoms with Gasteiger partial charge in [0, 0.05) is 40.0 Å². The van der Waals surface area contributed by atoms with E-state index in [1.165, 1.54) is 23.9 Å². The number of carbonyl (C=O) groups is 1. The number of anilines is 1. The Balaban J connectivity index is 1.45. The van der Waals surface area contributed by atoms with Gasteiger partial charge >= 0.3 is 0 Å². The fourth-order valence-electron chi connectivity index (χ4n) is 4.04. The van der Waals surface area contributed by atoms with Crippen LogP contribution in [0.25, 0.3) is 0 Å². The van der Waals surface area contributed by atoms with Crippen molar-refractivity contribution in [2.75, 3.05) is 5.32 Å². The predicted molar refractivity (Wildman–Crippen MR) is 124 cm³/mol. The van der Waals surface area contributed by atoms with Crippen LogP contribution in [0.15, 0.2) is 69.4 Å². The van der Waals surface area contributed by atoms with Crippen molar-refractivity contribution in [1.82, 2.24) is 14.8 Å². The highest BCUT2D eigenvalue weighted by atomic mass is 79.9.